The van der Waals surface area contributed by atoms with Crippen LogP contribution in [-0.2, 0) is 16.0 Å². The SMILES string of the molecule is CC1(Cc2cccc(OC(F)(F)F)c2)NC(=O)C(C(=O)Nc2ccc(C3CCCCC3)cc2)=C1O. The molecule has 1 atom stereocenters. The number of carbonyl (C=O) groups excluding carboxylic acids is 2. The number of benzene rings is 2. The molecule has 1 unspecified atom stereocenters. The van der Waals surface area contributed by atoms with Gasteiger partial charge >= 0.3 is 6.36 Å². The van der Waals surface area contributed by atoms with Crippen LogP contribution in [0.5, 0.6) is 5.75 Å². The number of halogens is 3. The molecule has 35 heavy (non-hydrogen) atoms. The van der Waals surface area contributed by atoms with Gasteiger partial charge in [0.1, 0.15) is 17.1 Å². The van der Waals surface area contributed by atoms with Gasteiger partial charge < -0.3 is 20.5 Å². The van der Waals surface area contributed by atoms with Crippen LogP contribution in [0.1, 0.15) is 56.1 Å². The number of ether oxygens (including phenoxy) is 1. The van der Waals surface area contributed by atoms with Crippen molar-refractivity contribution in [2.24, 2.45) is 0 Å². The minimum Gasteiger partial charge on any atom is -0.509 e. The zero-order valence-corrected chi connectivity index (χ0v) is 19.2. The van der Waals surface area contributed by atoms with Crippen LogP contribution >= 0.6 is 0 Å². The summed E-state index contributed by atoms with van der Waals surface area (Å²) in [5.41, 5.74) is 0.291. The van der Waals surface area contributed by atoms with E-state index in [0.29, 0.717) is 17.2 Å². The third-order valence-corrected chi connectivity index (χ3v) is 6.54. The van der Waals surface area contributed by atoms with Crippen molar-refractivity contribution in [3.63, 3.8) is 0 Å². The largest absolute Gasteiger partial charge is 0.573 e. The molecule has 4 rings (SSSR count). The summed E-state index contributed by atoms with van der Waals surface area (Å²) in [7, 11) is 0. The normalized spacial score (nSPS) is 21.1. The number of aliphatic hydroxyl groups excluding tert-OH is 1. The molecule has 1 heterocycles. The van der Waals surface area contributed by atoms with Crippen LogP contribution in [0.3, 0.4) is 0 Å². The molecule has 3 N–H and O–H groups in total. The number of hydrogen-bond acceptors (Lipinski definition) is 4. The number of carbonyl (C=O) groups is 2. The number of amides is 2. The van der Waals surface area contributed by atoms with Crippen molar-refractivity contribution in [2.45, 2.75) is 63.3 Å². The summed E-state index contributed by atoms with van der Waals surface area (Å²) in [6, 6.07) is 12.7. The van der Waals surface area contributed by atoms with E-state index < -0.39 is 40.8 Å². The first-order valence-corrected chi connectivity index (χ1v) is 11.6. The lowest BCUT2D eigenvalue weighted by molar-refractivity contribution is -0.274. The summed E-state index contributed by atoms with van der Waals surface area (Å²) in [5, 5.41) is 16.0. The Morgan fingerprint density at radius 1 is 1.14 bits per heavy atom. The van der Waals surface area contributed by atoms with Crippen LogP contribution in [-0.4, -0.2) is 28.8 Å². The number of alkyl halides is 3. The first-order valence-electron chi connectivity index (χ1n) is 11.6. The van der Waals surface area contributed by atoms with Crippen LogP contribution in [0.25, 0.3) is 0 Å². The lowest BCUT2D eigenvalue weighted by atomic mass is 9.84. The molecule has 2 amide bonds. The minimum absolute atomic E-state index is 0.0491. The predicted octanol–water partition coefficient (Wildman–Crippen LogP) is 5.51. The molecule has 0 aromatic heterocycles. The molecule has 1 saturated carbocycles. The molecule has 0 bridgehead atoms. The van der Waals surface area contributed by atoms with E-state index >= 15 is 0 Å². The smallest absolute Gasteiger partial charge is 0.509 e. The molecule has 9 heteroatoms. The van der Waals surface area contributed by atoms with Gasteiger partial charge in [-0.3, -0.25) is 9.59 Å². The van der Waals surface area contributed by atoms with Crippen molar-refractivity contribution in [1.29, 1.82) is 0 Å². The van der Waals surface area contributed by atoms with Crippen LogP contribution < -0.4 is 15.4 Å². The maximum absolute atomic E-state index is 12.8. The Morgan fingerprint density at radius 2 is 1.83 bits per heavy atom. The van der Waals surface area contributed by atoms with E-state index in [2.05, 4.69) is 15.4 Å². The van der Waals surface area contributed by atoms with Crippen LogP contribution in [0.15, 0.2) is 59.9 Å². The van der Waals surface area contributed by atoms with E-state index in [9.17, 15) is 27.9 Å². The fourth-order valence-corrected chi connectivity index (χ4v) is 4.82. The molecule has 2 aromatic carbocycles. The van der Waals surface area contributed by atoms with Crippen LogP contribution in [0.2, 0.25) is 0 Å². The van der Waals surface area contributed by atoms with E-state index in [1.807, 2.05) is 12.1 Å². The fourth-order valence-electron chi connectivity index (χ4n) is 4.82. The van der Waals surface area contributed by atoms with Gasteiger partial charge in [-0.15, -0.1) is 13.2 Å². The zero-order chi connectivity index (χ0) is 25.2. The molecule has 1 aliphatic heterocycles. The second-order valence-electron chi connectivity index (χ2n) is 9.29. The first kappa shape index (κ1) is 24.6. The third kappa shape index (κ3) is 5.78. The molecular weight excluding hydrogens is 461 g/mol. The van der Waals surface area contributed by atoms with Crippen molar-refractivity contribution >= 4 is 17.5 Å². The van der Waals surface area contributed by atoms with Gasteiger partial charge in [0.25, 0.3) is 11.8 Å². The third-order valence-electron chi connectivity index (χ3n) is 6.54. The second kappa shape index (κ2) is 9.64. The Bertz CT molecular complexity index is 1140. The van der Waals surface area contributed by atoms with Crippen molar-refractivity contribution in [3.8, 4) is 5.75 Å². The zero-order valence-electron chi connectivity index (χ0n) is 19.2. The van der Waals surface area contributed by atoms with Crippen molar-refractivity contribution in [3.05, 3.63) is 71.0 Å². The second-order valence-corrected chi connectivity index (χ2v) is 9.29. The Hall–Kier alpha value is -3.49. The highest BCUT2D eigenvalue weighted by atomic mass is 19.4. The van der Waals surface area contributed by atoms with Crippen molar-refractivity contribution < 1.29 is 32.6 Å². The molecule has 0 spiro atoms. The van der Waals surface area contributed by atoms with Crippen molar-refractivity contribution in [1.82, 2.24) is 5.32 Å². The summed E-state index contributed by atoms with van der Waals surface area (Å²) in [6.07, 6.45) is 1.09. The summed E-state index contributed by atoms with van der Waals surface area (Å²) >= 11 is 0. The Balaban J connectivity index is 1.47. The molecule has 1 aliphatic carbocycles. The van der Waals surface area contributed by atoms with Gasteiger partial charge in [0, 0.05) is 12.1 Å². The van der Waals surface area contributed by atoms with Crippen LogP contribution in [0.4, 0.5) is 18.9 Å². The Kier molecular flexibility index (Phi) is 6.78. The minimum atomic E-state index is -4.84. The molecule has 0 saturated heterocycles. The Labute approximate surface area is 201 Å². The van der Waals surface area contributed by atoms with Crippen LogP contribution in [0, 0.1) is 0 Å². The molecule has 6 nitrogen and oxygen atoms in total. The van der Waals surface area contributed by atoms with Gasteiger partial charge in [0.15, 0.2) is 0 Å². The molecule has 0 radical (unpaired) electrons. The van der Waals surface area contributed by atoms with E-state index in [1.54, 1.807) is 18.2 Å². The standard InChI is InChI=1S/C26H27F3N2O4/c1-25(15-16-6-5-9-20(14-16)35-26(27,28)29)22(32)21(24(34)31-25)23(33)30-19-12-10-18(11-13-19)17-7-3-2-4-8-17/h5-6,9-14,17,32H,2-4,7-8,15H2,1H3,(H,30,33)(H,31,34). The lowest BCUT2D eigenvalue weighted by Gasteiger charge is -2.25. The number of rotatable bonds is 6. The van der Waals surface area contributed by atoms with E-state index in [0.717, 1.165) is 18.9 Å². The summed E-state index contributed by atoms with van der Waals surface area (Å²) in [4.78, 5) is 25.4. The average Bonchev–Trinajstić information content (AvgIpc) is 3.01. The summed E-state index contributed by atoms with van der Waals surface area (Å²) in [5.74, 6) is -1.89. The Morgan fingerprint density at radius 3 is 2.49 bits per heavy atom. The average molecular weight is 489 g/mol. The summed E-state index contributed by atoms with van der Waals surface area (Å²) in [6.45, 7) is 1.50. The van der Waals surface area contributed by atoms with Gasteiger partial charge in [-0.25, -0.2) is 0 Å². The van der Waals surface area contributed by atoms with Gasteiger partial charge in [0.05, 0.1) is 5.54 Å². The van der Waals surface area contributed by atoms with Crippen molar-refractivity contribution in [2.75, 3.05) is 5.32 Å². The monoisotopic (exact) mass is 488 g/mol. The van der Waals surface area contributed by atoms with E-state index in [4.69, 9.17) is 0 Å². The summed E-state index contributed by atoms with van der Waals surface area (Å²) < 4.78 is 41.5. The topological polar surface area (TPSA) is 87.7 Å². The quantitative estimate of drug-likeness (QED) is 0.468. The van der Waals surface area contributed by atoms with Gasteiger partial charge in [0.2, 0.25) is 0 Å². The number of nitrogens with one attached hydrogen (secondary N) is 2. The molecule has 1 fully saturated rings. The predicted molar refractivity (Wildman–Crippen MR) is 124 cm³/mol. The molecule has 186 valence electrons. The fraction of sp³-hybridized carbons (Fsp3) is 0.385. The highest BCUT2D eigenvalue weighted by Crippen LogP contribution is 2.34. The number of hydrogen-bond donors (Lipinski definition) is 3. The van der Waals surface area contributed by atoms with Gasteiger partial charge in [-0.05, 0) is 61.1 Å². The van der Waals surface area contributed by atoms with Gasteiger partial charge in [-0.2, -0.15) is 0 Å². The lowest BCUT2D eigenvalue weighted by Crippen LogP contribution is -2.43. The molecule has 2 aliphatic rings. The first-order chi connectivity index (χ1) is 16.5. The molecule has 2 aromatic rings. The highest BCUT2D eigenvalue weighted by Gasteiger charge is 2.44. The number of aliphatic hydroxyl groups is 1. The van der Waals surface area contributed by atoms with Gasteiger partial charge in [-0.1, -0.05) is 43.5 Å². The maximum Gasteiger partial charge on any atom is 0.573 e. The number of anilines is 1. The highest BCUT2D eigenvalue weighted by molar-refractivity contribution is 6.24. The van der Waals surface area contributed by atoms with E-state index in [1.165, 1.54) is 43.9 Å². The van der Waals surface area contributed by atoms with E-state index in [-0.39, 0.29) is 6.42 Å². The molecular formula is C26H27F3N2O4. The maximum atomic E-state index is 12.8.